The molecule has 148 valence electrons. The van der Waals surface area contributed by atoms with Crippen LogP contribution in [-0.2, 0) is 29.0 Å². The number of nitrogens with two attached hydrogens (primary N) is 1. The van der Waals surface area contributed by atoms with Crippen LogP contribution in [0.3, 0.4) is 0 Å². The molecule has 0 bridgehead atoms. The monoisotopic (exact) mass is 393 g/mol. The zero-order valence-corrected chi connectivity index (χ0v) is 15.7. The lowest BCUT2D eigenvalue weighted by Gasteiger charge is -2.28. The maximum atomic E-state index is 13.2. The molecule has 0 spiro atoms. The van der Waals surface area contributed by atoms with Crippen molar-refractivity contribution in [3.05, 3.63) is 65.4 Å². The lowest BCUT2D eigenvalue weighted by atomic mass is 10.1. The Morgan fingerprint density at radius 1 is 1.17 bits per heavy atom. The Balaban J connectivity index is 1.32. The average molecular weight is 393 g/mol. The Morgan fingerprint density at radius 3 is 2.69 bits per heavy atom. The Bertz CT molecular complexity index is 1080. The molecule has 1 saturated heterocycles. The number of anilines is 1. The number of carbonyl (C=O) groups excluding carboxylic acids is 1. The lowest BCUT2D eigenvalue weighted by molar-refractivity contribution is -0.131. The lowest BCUT2D eigenvalue weighted by Crippen LogP contribution is -2.33. The van der Waals surface area contributed by atoms with Crippen molar-refractivity contribution in [2.75, 3.05) is 18.9 Å². The average Bonchev–Trinajstić information content (AvgIpc) is 3.25. The van der Waals surface area contributed by atoms with E-state index in [1.54, 1.807) is 29.2 Å². The molecule has 5 rings (SSSR count). The molecule has 0 atom stereocenters. The summed E-state index contributed by atoms with van der Waals surface area (Å²) in [5.74, 6) is -0.340. The first kappa shape index (κ1) is 17.8. The van der Waals surface area contributed by atoms with Gasteiger partial charge in [0.1, 0.15) is 5.82 Å². The fraction of sp³-hybridized carbons (Fsp3) is 0.286. The summed E-state index contributed by atoms with van der Waals surface area (Å²) in [5, 5.41) is 4.44. The van der Waals surface area contributed by atoms with Crippen molar-refractivity contribution in [2.24, 2.45) is 0 Å². The molecule has 0 saturated carbocycles. The molecular formula is C21H20FN5O2. The van der Waals surface area contributed by atoms with Crippen LogP contribution in [0.15, 0.2) is 42.6 Å². The minimum atomic E-state index is -0.305. The van der Waals surface area contributed by atoms with Gasteiger partial charge in [0.05, 0.1) is 61.2 Å². The molecule has 4 heterocycles. The van der Waals surface area contributed by atoms with Crippen molar-refractivity contribution in [3.8, 4) is 11.3 Å². The normalized spacial score (nSPS) is 16.0. The van der Waals surface area contributed by atoms with Crippen LogP contribution in [0.5, 0.6) is 0 Å². The fourth-order valence-electron chi connectivity index (χ4n) is 3.72. The Labute approximate surface area is 166 Å². The number of halogens is 1. The van der Waals surface area contributed by atoms with Gasteiger partial charge in [-0.1, -0.05) is 0 Å². The maximum absolute atomic E-state index is 13.2. The number of hydrogen-bond donors (Lipinski definition) is 1. The molecule has 2 aromatic heterocycles. The topological polar surface area (TPSA) is 86.3 Å². The molecule has 2 aliphatic rings. The number of ether oxygens (including phenoxy) is 1. The van der Waals surface area contributed by atoms with Gasteiger partial charge in [-0.25, -0.2) is 4.39 Å². The Morgan fingerprint density at radius 2 is 1.97 bits per heavy atom. The first-order chi connectivity index (χ1) is 14.1. The minimum absolute atomic E-state index is 0.0342. The summed E-state index contributed by atoms with van der Waals surface area (Å²) in [6.07, 6.45) is 1.95. The predicted molar refractivity (Wildman–Crippen MR) is 104 cm³/mol. The second kappa shape index (κ2) is 6.97. The number of carbonyl (C=O) groups is 1. The maximum Gasteiger partial charge on any atom is 0.229 e. The number of nitrogens with zero attached hydrogens (tertiary/aromatic N) is 4. The summed E-state index contributed by atoms with van der Waals surface area (Å²) in [7, 11) is 0. The van der Waals surface area contributed by atoms with Gasteiger partial charge in [0.25, 0.3) is 0 Å². The number of pyridine rings is 1. The molecule has 1 amide bonds. The number of fused-ring (bicyclic) bond motifs is 1. The van der Waals surface area contributed by atoms with Crippen LogP contribution in [0, 0.1) is 5.82 Å². The standard InChI is InChI=1S/C21H20FN5O2/c22-15-3-1-13(2-4-15)18-6-5-17(23)19(25-18)7-21(28)26-9-14-8-24-27(20(14)10-26)16-11-29-12-16/h1-6,8,16H,7,9-12,23H2. The molecule has 2 N–H and O–H groups in total. The van der Waals surface area contributed by atoms with E-state index >= 15 is 0 Å². The number of nitrogen functional groups attached to an aromatic ring is 1. The van der Waals surface area contributed by atoms with Crippen molar-refractivity contribution in [3.63, 3.8) is 0 Å². The van der Waals surface area contributed by atoms with Crippen molar-refractivity contribution in [2.45, 2.75) is 25.6 Å². The molecule has 3 aromatic rings. The van der Waals surface area contributed by atoms with Gasteiger partial charge >= 0.3 is 0 Å². The Kier molecular flexibility index (Phi) is 4.28. The van der Waals surface area contributed by atoms with E-state index in [0.717, 1.165) is 16.8 Å². The highest BCUT2D eigenvalue weighted by atomic mass is 19.1. The number of hydrogen-bond acceptors (Lipinski definition) is 5. The summed E-state index contributed by atoms with van der Waals surface area (Å²) in [4.78, 5) is 19.3. The van der Waals surface area contributed by atoms with E-state index in [2.05, 4.69) is 10.1 Å². The van der Waals surface area contributed by atoms with Crippen LogP contribution in [0.1, 0.15) is 23.0 Å². The van der Waals surface area contributed by atoms with E-state index < -0.39 is 0 Å². The largest absolute Gasteiger partial charge is 0.397 e. The van der Waals surface area contributed by atoms with E-state index in [1.807, 2.05) is 10.9 Å². The SMILES string of the molecule is Nc1ccc(-c2ccc(F)cc2)nc1CC(=O)N1Cc2cnn(C3COC3)c2C1. The molecule has 0 radical (unpaired) electrons. The predicted octanol–water partition coefficient (Wildman–Crippen LogP) is 2.32. The van der Waals surface area contributed by atoms with Gasteiger partial charge in [-0.2, -0.15) is 5.10 Å². The summed E-state index contributed by atoms with van der Waals surface area (Å²) < 4.78 is 20.4. The van der Waals surface area contributed by atoms with Gasteiger partial charge in [-0.15, -0.1) is 0 Å². The summed E-state index contributed by atoms with van der Waals surface area (Å²) >= 11 is 0. The molecule has 7 nitrogen and oxygen atoms in total. The third kappa shape index (κ3) is 3.25. The highest BCUT2D eigenvalue weighted by Gasteiger charge is 2.32. The second-order valence-electron chi connectivity index (χ2n) is 7.42. The van der Waals surface area contributed by atoms with Crippen molar-refractivity contribution in [1.82, 2.24) is 19.7 Å². The third-order valence-corrected chi connectivity index (χ3v) is 5.47. The number of rotatable bonds is 4. The van der Waals surface area contributed by atoms with Gasteiger partial charge in [-0.3, -0.25) is 14.5 Å². The summed E-state index contributed by atoms with van der Waals surface area (Å²) in [6, 6.07) is 9.86. The van der Waals surface area contributed by atoms with Gasteiger partial charge in [0.2, 0.25) is 5.91 Å². The number of aromatic nitrogens is 3. The van der Waals surface area contributed by atoms with E-state index in [-0.39, 0.29) is 24.2 Å². The van der Waals surface area contributed by atoms with E-state index in [0.29, 0.717) is 43.4 Å². The van der Waals surface area contributed by atoms with Crippen LogP contribution >= 0.6 is 0 Å². The molecule has 8 heteroatoms. The van der Waals surface area contributed by atoms with Gasteiger partial charge in [0, 0.05) is 17.7 Å². The van der Waals surface area contributed by atoms with Crippen LogP contribution in [0.25, 0.3) is 11.3 Å². The highest BCUT2D eigenvalue weighted by Crippen LogP contribution is 2.28. The first-order valence-corrected chi connectivity index (χ1v) is 9.50. The van der Waals surface area contributed by atoms with Gasteiger partial charge in [-0.05, 0) is 36.4 Å². The summed E-state index contributed by atoms with van der Waals surface area (Å²) in [5.41, 5.74) is 10.7. The van der Waals surface area contributed by atoms with Crippen molar-refractivity contribution < 1.29 is 13.9 Å². The number of benzene rings is 1. The fourth-order valence-corrected chi connectivity index (χ4v) is 3.72. The third-order valence-electron chi connectivity index (χ3n) is 5.47. The molecular weight excluding hydrogens is 373 g/mol. The van der Waals surface area contributed by atoms with Crippen LogP contribution in [0.4, 0.5) is 10.1 Å². The molecule has 29 heavy (non-hydrogen) atoms. The smallest absolute Gasteiger partial charge is 0.229 e. The van der Waals surface area contributed by atoms with Gasteiger partial charge < -0.3 is 15.4 Å². The van der Waals surface area contributed by atoms with Crippen molar-refractivity contribution >= 4 is 11.6 Å². The highest BCUT2D eigenvalue weighted by molar-refractivity contribution is 5.80. The van der Waals surface area contributed by atoms with Crippen LogP contribution in [0.2, 0.25) is 0 Å². The minimum Gasteiger partial charge on any atom is -0.397 e. The number of amides is 1. The first-order valence-electron chi connectivity index (χ1n) is 9.50. The van der Waals surface area contributed by atoms with E-state index in [1.165, 1.54) is 12.1 Å². The van der Waals surface area contributed by atoms with E-state index in [4.69, 9.17) is 10.5 Å². The van der Waals surface area contributed by atoms with Crippen LogP contribution in [-0.4, -0.2) is 38.8 Å². The second-order valence-corrected chi connectivity index (χ2v) is 7.42. The van der Waals surface area contributed by atoms with Crippen LogP contribution < -0.4 is 5.73 Å². The molecule has 2 aliphatic heterocycles. The van der Waals surface area contributed by atoms with Crippen molar-refractivity contribution in [1.29, 1.82) is 0 Å². The molecule has 0 unspecified atom stereocenters. The molecule has 1 aromatic carbocycles. The Hall–Kier alpha value is -3.26. The zero-order valence-electron chi connectivity index (χ0n) is 15.7. The zero-order chi connectivity index (χ0) is 20.0. The molecule has 1 fully saturated rings. The summed E-state index contributed by atoms with van der Waals surface area (Å²) in [6.45, 7) is 2.40. The van der Waals surface area contributed by atoms with Gasteiger partial charge in [0.15, 0.2) is 0 Å². The molecule has 0 aliphatic carbocycles. The van der Waals surface area contributed by atoms with E-state index in [9.17, 15) is 9.18 Å². The quantitative estimate of drug-likeness (QED) is 0.735.